The van der Waals surface area contributed by atoms with Gasteiger partial charge in [-0.15, -0.1) is 0 Å². The van der Waals surface area contributed by atoms with Gasteiger partial charge in [0.15, 0.2) is 0 Å². The molecule has 1 aliphatic rings. The summed E-state index contributed by atoms with van der Waals surface area (Å²) in [6.45, 7) is 3.95. The van der Waals surface area contributed by atoms with Crippen LogP contribution in [-0.4, -0.2) is 18.0 Å². The molecule has 0 aliphatic carbocycles. The van der Waals surface area contributed by atoms with Gasteiger partial charge in [0.05, 0.1) is 12.8 Å². The molecule has 0 aromatic carbocycles. The van der Waals surface area contributed by atoms with Crippen LogP contribution in [0.4, 0.5) is 0 Å². The highest BCUT2D eigenvalue weighted by Crippen LogP contribution is 2.16. The van der Waals surface area contributed by atoms with Gasteiger partial charge < -0.3 is 10.2 Å². The molecule has 16 heavy (non-hydrogen) atoms. The zero-order valence-electron chi connectivity index (χ0n) is 9.95. The number of nitrogens with two attached hydrogens (primary N) is 1. The Kier molecular flexibility index (Phi) is 4.43. The second-order valence-electron chi connectivity index (χ2n) is 4.62. The third-order valence-corrected chi connectivity index (χ3v) is 3.37. The molecule has 2 heterocycles. The Morgan fingerprint density at radius 2 is 1.81 bits per heavy atom. The number of nitrogens with zero attached hydrogens (tertiary/aromatic N) is 1. The molecule has 0 atom stereocenters. The van der Waals surface area contributed by atoms with Crippen LogP contribution >= 0.6 is 0 Å². The third kappa shape index (κ3) is 3.09. The highest BCUT2D eigenvalue weighted by molar-refractivity contribution is 5.16. The summed E-state index contributed by atoms with van der Waals surface area (Å²) in [6.07, 6.45) is 8.58. The van der Waals surface area contributed by atoms with E-state index in [9.17, 15) is 0 Å². The molecule has 1 aliphatic heterocycles. The minimum Gasteiger partial charge on any atom is -0.468 e. The van der Waals surface area contributed by atoms with Crippen LogP contribution in [-0.2, 0) is 13.1 Å². The fourth-order valence-electron chi connectivity index (χ4n) is 2.40. The van der Waals surface area contributed by atoms with E-state index in [1.807, 2.05) is 0 Å². The molecule has 1 aromatic rings. The molecule has 0 radical (unpaired) electrons. The molecule has 2 rings (SSSR count). The van der Waals surface area contributed by atoms with E-state index in [1.54, 1.807) is 6.26 Å². The number of likely N-dealkylation sites (tertiary alicyclic amines) is 1. The molecule has 1 fully saturated rings. The van der Waals surface area contributed by atoms with Gasteiger partial charge in [-0.25, -0.2) is 0 Å². The van der Waals surface area contributed by atoms with Crippen molar-refractivity contribution >= 4 is 0 Å². The molecule has 0 bridgehead atoms. The van der Waals surface area contributed by atoms with Crippen LogP contribution in [0.3, 0.4) is 0 Å². The summed E-state index contributed by atoms with van der Waals surface area (Å²) in [6, 6.07) is 2.06. The van der Waals surface area contributed by atoms with E-state index in [0.717, 1.165) is 12.3 Å². The number of rotatable bonds is 3. The van der Waals surface area contributed by atoms with Crippen molar-refractivity contribution in [1.29, 1.82) is 0 Å². The van der Waals surface area contributed by atoms with Crippen LogP contribution in [0.5, 0.6) is 0 Å². The molecule has 0 unspecified atom stereocenters. The number of furan rings is 1. The zero-order chi connectivity index (χ0) is 11.2. The monoisotopic (exact) mass is 222 g/mol. The van der Waals surface area contributed by atoms with Crippen molar-refractivity contribution in [2.75, 3.05) is 13.1 Å². The van der Waals surface area contributed by atoms with E-state index in [-0.39, 0.29) is 0 Å². The fourth-order valence-corrected chi connectivity index (χ4v) is 2.40. The second-order valence-corrected chi connectivity index (χ2v) is 4.62. The van der Waals surface area contributed by atoms with Crippen molar-refractivity contribution in [3.05, 3.63) is 23.7 Å². The minimum absolute atomic E-state index is 0.510. The lowest BCUT2D eigenvalue weighted by Crippen LogP contribution is -2.27. The van der Waals surface area contributed by atoms with Crippen molar-refractivity contribution in [3.63, 3.8) is 0 Å². The quantitative estimate of drug-likeness (QED) is 0.854. The van der Waals surface area contributed by atoms with Crippen molar-refractivity contribution in [2.24, 2.45) is 5.73 Å². The van der Waals surface area contributed by atoms with Crippen LogP contribution in [0.1, 0.15) is 43.4 Å². The SMILES string of the molecule is NCc1occc1CN1CCCCCCC1. The van der Waals surface area contributed by atoms with Crippen molar-refractivity contribution in [1.82, 2.24) is 4.90 Å². The predicted molar refractivity (Wildman–Crippen MR) is 65.0 cm³/mol. The summed E-state index contributed by atoms with van der Waals surface area (Å²) >= 11 is 0. The number of hydrogen-bond donors (Lipinski definition) is 1. The standard InChI is InChI=1S/C13H22N2O/c14-10-13-12(6-9-16-13)11-15-7-4-2-1-3-5-8-15/h6,9H,1-5,7-8,10-11,14H2. The summed E-state index contributed by atoms with van der Waals surface area (Å²) in [5.74, 6) is 0.946. The summed E-state index contributed by atoms with van der Waals surface area (Å²) in [7, 11) is 0. The van der Waals surface area contributed by atoms with Gasteiger partial charge in [-0.05, 0) is 32.0 Å². The average Bonchev–Trinajstić information content (AvgIpc) is 2.69. The Balaban J connectivity index is 1.91. The molecule has 3 heteroatoms. The first-order valence-electron chi connectivity index (χ1n) is 6.38. The number of hydrogen-bond acceptors (Lipinski definition) is 3. The van der Waals surface area contributed by atoms with E-state index in [2.05, 4.69) is 11.0 Å². The summed E-state index contributed by atoms with van der Waals surface area (Å²) < 4.78 is 5.36. The van der Waals surface area contributed by atoms with Crippen molar-refractivity contribution in [2.45, 2.75) is 45.2 Å². The van der Waals surface area contributed by atoms with Gasteiger partial charge in [0.1, 0.15) is 5.76 Å². The topological polar surface area (TPSA) is 42.4 Å². The first-order valence-corrected chi connectivity index (χ1v) is 6.38. The van der Waals surface area contributed by atoms with E-state index in [4.69, 9.17) is 10.2 Å². The Hall–Kier alpha value is -0.800. The maximum absolute atomic E-state index is 5.64. The zero-order valence-corrected chi connectivity index (χ0v) is 9.95. The molecular formula is C13H22N2O. The Labute approximate surface area is 97.6 Å². The van der Waals surface area contributed by atoms with Crippen LogP contribution in [0.25, 0.3) is 0 Å². The first kappa shape index (κ1) is 11.7. The largest absolute Gasteiger partial charge is 0.468 e. The second kappa shape index (κ2) is 6.06. The maximum Gasteiger partial charge on any atom is 0.121 e. The minimum atomic E-state index is 0.510. The Bertz CT molecular complexity index is 301. The highest BCUT2D eigenvalue weighted by Gasteiger charge is 2.12. The van der Waals surface area contributed by atoms with Gasteiger partial charge in [-0.3, -0.25) is 4.90 Å². The van der Waals surface area contributed by atoms with Crippen molar-refractivity contribution in [3.8, 4) is 0 Å². The van der Waals surface area contributed by atoms with Crippen LogP contribution < -0.4 is 5.73 Å². The van der Waals surface area contributed by atoms with E-state index < -0.39 is 0 Å². The van der Waals surface area contributed by atoms with Crippen LogP contribution in [0.15, 0.2) is 16.7 Å². The highest BCUT2D eigenvalue weighted by atomic mass is 16.3. The van der Waals surface area contributed by atoms with Gasteiger partial charge >= 0.3 is 0 Å². The van der Waals surface area contributed by atoms with Gasteiger partial charge in [-0.1, -0.05) is 19.3 Å². The lowest BCUT2D eigenvalue weighted by Gasteiger charge is -2.24. The molecule has 0 spiro atoms. The van der Waals surface area contributed by atoms with Gasteiger partial charge in [0.2, 0.25) is 0 Å². The molecule has 0 amide bonds. The maximum atomic E-state index is 5.64. The molecule has 1 saturated heterocycles. The average molecular weight is 222 g/mol. The Morgan fingerprint density at radius 3 is 2.50 bits per heavy atom. The third-order valence-electron chi connectivity index (χ3n) is 3.37. The summed E-state index contributed by atoms with van der Waals surface area (Å²) in [5.41, 5.74) is 6.91. The van der Waals surface area contributed by atoms with E-state index >= 15 is 0 Å². The van der Waals surface area contributed by atoms with Crippen LogP contribution in [0.2, 0.25) is 0 Å². The lowest BCUT2D eigenvalue weighted by molar-refractivity contribution is 0.238. The van der Waals surface area contributed by atoms with Gasteiger partial charge in [-0.2, -0.15) is 0 Å². The van der Waals surface area contributed by atoms with Gasteiger partial charge in [0, 0.05) is 12.1 Å². The van der Waals surface area contributed by atoms with E-state index in [1.165, 1.54) is 50.8 Å². The summed E-state index contributed by atoms with van der Waals surface area (Å²) in [5, 5.41) is 0. The normalized spacial score (nSPS) is 19.3. The fraction of sp³-hybridized carbons (Fsp3) is 0.692. The Morgan fingerprint density at radius 1 is 1.12 bits per heavy atom. The smallest absolute Gasteiger partial charge is 0.121 e. The predicted octanol–water partition coefficient (Wildman–Crippen LogP) is 2.50. The molecule has 2 N–H and O–H groups in total. The lowest BCUT2D eigenvalue weighted by atomic mass is 10.1. The van der Waals surface area contributed by atoms with E-state index in [0.29, 0.717) is 6.54 Å². The molecule has 90 valence electrons. The molecular weight excluding hydrogens is 200 g/mol. The molecule has 3 nitrogen and oxygen atoms in total. The summed E-state index contributed by atoms with van der Waals surface area (Å²) in [4.78, 5) is 2.53. The van der Waals surface area contributed by atoms with Crippen LogP contribution in [0, 0.1) is 0 Å². The molecule has 0 saturated carbocycles. The molecule has 1 aromatic heterocycles. The first-order chi connectivity index (χ1) is 7.90. The van der Waals surface area contributed by atoms with Gasteiger partial charge in [0.25, 0.3) is 0 Å². The van der Waals surface area contributed by atoms with Crippen molar-refractivity contribution < 1.29 is 4.42 Å².